The predicted molar refractivity (Wildman–Crippen MR) is 87.5 cm³/mol. The Morgan fingerprint density at radius 2 is 2.00 bits per heavy atom. The molecule has 0 aliphatic heterocycles. The van der Waals surface area contributed by atoms with Gasteiger partial charge in [0, 0.05) is 5.69 Å². The second kappa shape index (κ2) is 6.77. The van der Waals surface area contributed by atoms with Gasteiger partial charge in [-0.2, -0.15) is 5.10 Å². The van der Waals surface area contributed by atoms with Gasteiger partial charge in [0.15, 0.2) is 6.61 Å². The van der Waals surface area contributed by atoms with E-state index in [1.165, 1.54) is 10.2 Å². The van der Waals surface area contributed by atoms with Crippen LogP contribution in [0.3, 0.4) is 0 Å². The van der Waals surface area contributed by atoms with Gasteiger partial charge in [-0.05, 0) is 56.4 Å². The molecule has 0 bridgehead atoms. The standard InChI is InChI=1S/C18H24N2O2/c1-12(2)9-17-14(4)19-20(15(17)5)18(21)11-22-16-8-6-7-13(3)10-16/h6-8,10,12H,9,11H2,1-5H3. The molecule has 4 nitrogen and oxygen atoms in total. The molecule has 0 fully saturated rings. The van der Waals surface area contributed by atoms with Gasteiger partial charge in [0.2, 0.25) is 0 Å². The molecule has 0 radical (unpaired) electrons. The minimum atomic E-state index is -0.142. The van der Waals surface area contributed by atoms with Crippen LogP contribution in [0.5, 0.6) is 5.75 Å². The molecule has 0 unspecified atom stereocenters. The highest BCUT2D eigenvalue weighted by molar-refractivity contribution is 5.80. The summed E-state index contributed by atoms with van der Waals surface area (Å²) in [5, 5.41) is 4.38. The molecular formula is C18H24N2O2. The van der Waals surface area contributed by atoms with E-state index in [4.69, 9.17) is 4.74 Å². The molecular weight excluding hydrogens is 276 g/mol. The van der Waals surface area contributed by atoms with E-state index < -0.39 is 0 Å². The quantitative estimate of drug-likeness (QED) is 0.845. The van der Waals surface area contributed by atoms with Gasteiger partial charge in [-0.15, -0.1) is 0 Å². The highest BCUT2D eigenvalue weighted by Crippen LogP contribution is 2.18. The largest absolute Gasteiger partial charge is 0.484 e. The number of benzene rings is 1. The monoisotopic (exact) mass is 300 g/mol. The molecule has 0 amide bonds. The fourth-order valence-electron chi connectivity index (χ4n) is 2.53. The summed E-state index contributed by atoms with van der Waals surface area (Å²) < 4.78 is 7.05. The lowest BCUT2D eigenvalue weighted by atomic mass is 10.0. The Morgan fingerprint density at radius 3 is 2.64 bits per heavy atom. The first-order valence-corrected chi connectivity index (χ1v) is 7.66. The highest BCUT2D eigenvalue weighted by atomic mass is 16.5. The molecule has 0 aliphatic rings. The minimum Gasteiger partial charge on any atom is -0.484 e. The Kier molecular flexibility index (Phi) is 5.01. The molecule has 0 N–H and O–H groups in total. The average molecular weight is 300 g/mol. The molecule has 0 aliphatic carbocycles. The Bertz CT molecular complexity index is 672. The molecule has 4 heteroatoms. The summed E-state index contributed by atoms with van der Waals surface area (Å²) in [6.07, 6.45) is 0.934. The van der Waals surface area contributed by atoms with E-state index in [1.54, 1.807) is 0 Å². The maximum absolute atomic E-state index is 12.4. The Balaban J connectivity index is 2.10. The van der Waals surface area contributed by atoms with Crippen LogP contribution in [-0.4, -0.2) is 22.3 Å². The van der Waals surface area contributed by atoms with Crippen LogP contribution in [0.25, 0.3) is 0 Å². The third kappa shape index (κ3) is 3.75. The predicted octanol–water partition coefficient (Wildman–Crippen LogP) is 3.73. The number of carbonyl (C=O) groups excluding carboxylic acids is 1. The molecule has 1 heterocycles. The highest BCUT2D eigenvalue weighted by Gasteiger charge is 2.17. The third-order valence-corrected chi connectivity index (χ3v) is 3.64. The summed E-state index contributed by atoms with van der Waals surface area (Å²) in [7, 11) is 0. The number of rotatable bonds is 5. The summed E-state index contributed by atoms with van der Waals surface area (Å²) in [6.45, 7) is 10.2. The summed E-state index contributed by atoms with van der Waals surface area (Å²) in [6, 6.07) is 7.68. The summed E-state index contributed by atoms with van der Waals surface area (Å²) in [4.78, 5) is 12.4. The van der Waals surface area contributed by atoms with Gasteiger partial charge in [-0.25, -0.2) is 4.68 Å². The van der Waals surface area contributed by atoms with Crippen LogP contribution >= 0.6 is 0 Å². The number of nitrogens with zero attached hydrogens (tertiary/aromatic N) is 2. The van der Waals surface area contributed by atoms with Crippen LogP contribution in [0.2, 0.25) is 0 Å². The first-order chi connectivity index (χ1) is 10.4. The van der Waals surface area contributed by atoms with Crippen molar-refractivity contribution >= 4 is 5.91 Å². The van der Waals surface area contributed by atoms with Gasteiger partial charge in [0.05, 0.1) is 5.69 Å². The second-order valence-corrected chi connectivity index (χ2v) is 6.16. The molecule has 2 rings (SSSR count). The Hall–Kier alpha value is -2.10. The zero-order chi connectivity index (χ0) is 16.3. The van der Waals surface area contributed by atoms with E-state index in [1.807, 2.05) is 45.0 Å². The van der Waals surface area contributed by atoms with Crippen LogP contribution in [0, 0.1) is 26.7 Å². The zero-order valence-electron chi connectivity index (χ0n) is 14.0. The van der Waals surface area contributed by atoms with Gasteiger partial charge < -0.3 is 4.74 Å². The number of hydrogen-bond donors (Lipinski definition) is 0. The second-order valence-electron chi connectivity index (χ2n) is 6.16. The van der Waals surface area contributed by atoms with Crippen LogP contribution in [0.4, 0.5) is 0 Å². The summed E-state index contributed by atoms with van der Waals surface area (Å²) >= 11 is 0. The summed E-state index contributed by atoms with van der Waals surface area (Å²) in [5.74, 6) is 1.10. The first-order valence-electron chi connectivity index (χ1n) is 7.66. The molecule has 0 saturated carbocycles. The van der Waals surface area contributed by atoms with Crippen molar-refractivity contribution in [3.8, 4) is 5.75 Å². The molecule has 0 atom stereocenters. The van der Waals surface area contributed by atoms with Crippen molar-refractivity contribution in [2.75, 3.05) is 6.61 Å². The van der Waals surface area contributed by atoms with Crippen molar-refractivity contribution in [2.24, 2.45) is 5.92 Å². The number of aryl methyl sites for hydroxylation is 2. The topological polar surface area (TPSA) is 44.1 Å². The fraction of sp³-hybridized carbons (Fsp3) is 0.444. The first kappa shape index (κ1) is 16.3. The zero-order valence-corrected chi connectivity index (χ0v) is 14.0. The van der Waals surface area contributed by atoms with Gasteiger partial charge in [-0.1, -0.05) is 26.0 Å². The normalized spacial score (nSPS) is 11.0. The van der Waals surface area contributed by atoms with Crippen LogP contribution in [0.1, 0.15) is 41.2 Å². The van der Waals surface area contributed by atoms with Crippen molar-refractivity contribution in [3.05, 3.63) is 46.8 Å². The Labute approximate surface area is 132 Å². The fourth-order valence-corrected chi connectivity index (χ4v) is 2.53. The lowest BCUT2D eigenvalue weighted by molar-refractivity contribution is 0.0818. The average Bonchev–Trinajstić information content (AvgIpc) is 2.72. The van der Waals surface area contributed by atoms with E-state index in [0.717, 1.165) is 23.4 Å². The van der Waals surface area contributed by atoms with Crippen molar-refractivity contribution in [1.82, 2.24) is 9.78 Å². The number of aromatic nitrogens is 2. The third-order valence-electron chi connectivity index (χ3n) is 3.64. The van der Waals surface area contributed by atoms with Gasteiger partial charge >= 0.3 is 0 Å². The van der Waals surface area contributed by atoms with E-state index in [9.17, 15) is 4.79 Å². The van der Waals surface area contributed by atoms with Crippen molar-refractivity contribution in [3.63, 3.8) is 0 Å². The van der Waals surface area contributed by atoms with E-state index in [0.29, 0.717) is 11.7 Å². The Morgan fingerprint density at radius 1 is 1.27 bits per heavy atom. The lowest BCUT2D eigenvalue weighted by Crippen LogP contribution is -2.21. The maximum atomic E-state index is 12.4. The number of hydrogen-bond acceptors (Lipinski definition) is 3. The van der Waals surface area contributed by atoms with E-state index >= 15 is 0 Å². The van der Waals surface area contributed by atoms with E-state index in [-0.39, 0.29) is 12.5 Å². The van der Waals surface area contributed by atoms with Gasteiger partial charge in [-0.3, -0.25) is 4.79 Å². The van der Waals surface area contributed by atoms with E-state index in [2.05, 4.69) is 18.9 Å². The van der Waals surface area contributed by atoms with Crippen LogP contribution in [-0.2, 0) is 6.42 Å². The summed E-state index contributed by atoms with van der Waals surface area (Å²) in [5.41, 5.74) is 4.12. The van der Waals surface area contributed by atoms with Crippen molar-refractivity contribution in [2.45, 2.75) is 41.0 Å². The molecule has 2 aromatic rings. The van der Waals surface area contributed by atoms with Crippen molar-refractivity contribution < 1.29 is 9.53 Å². The molecule has 22 heavy (non-hydrogen) atoms. The molecule has 1 aromatic carbocycles. The number of carbonyl (C=O) groups is 1. The van der Waals surface area contributed by atoms with Crippen molar-refractivity contribution in [1.29, 1.82) is 0 Å². The van der Waals surface area contributed by atoms with Gasteiger partial charge in [0.1, 0.15) is 5.75 Å². The molecule has 0 saturated heterocycles. The van der Waals surface area contributed by atoms with Crippen LogP contribution in [0.15, 0.2) is 24.3 Å². The number of ether oxygens (including phenoxy) is 1. The molecule has 0 spiro atoms. The van der Waals surface area contributed by atoms with Gasteiger partial charge in [0.25, 0.3) is 5.91 Å². The lowest BCUT2D eigenvalue weighted by Gasteiger charge is -2.08. The molecule has 1 aromatic heterocycles. The molecule has 118 valence electrons. The minimum absolute atomic E-state index is 0.00741. The van der Waals surface area contributed by atoms with Crippen LogP contribution < -0.4 is 4.74 Å². The SMILES string of the molecule is Cc1cccc(OCC(=O)n2nc(C)c(CC(C)C)c2C)c1. The maximum Gasteiger partial charge on any atom is 0.284 e. The smallest absolute Gasteiger partial charge is 0.284 e.